The van der Waals surface area contributed by atoms with Crippen molar-refractivity contribution in [3.8, 4) is 11.4 Å². The number of hydrogen-bond acceptors (Lipinski definition) is 5. The number of amides is 1. The summed E-state index contributed by atoms with van der Waals surface area (Å²) in [6, 6.07) is 21.0. The minimum Gasteiger partial charge on any atom is -0.495 e. The third kappa shape index (κ3) is 3.67. The molecule has 0 bridgehead atoms. The zero-order valence-corrected chi connectivity index (χ0v) is 19.5. The predicted molar refractivity (Wildman–Crippen MR) is 136 cm³/mol. The van der Waals surface area contributed by atoms with Crippen LogP contribution in [0.15, 0.2) is 82.4 Å². The highest BCUT2D eigenvalue weighted by Gasteiger charge is 2.22. The lowest BCUT2D eigenvalue weighted by Gasteiger charge is -2.14. The van der Waals surface area contributed by atoms with Gasteiger partial charge < -0.3 is 10.1 Å². The normalized spacial score (nSPS) is 11.1. The maximum Gasteiger partial charge on any atom is 0.336 e. The number of carbonyl (C=O) groups excluding carboxylic acids is 1. The maximum atomic E-state index is 13.7. The summed E-state index contributed by atoms with van der Waals surface area (Å²) < 4.78 is 8.85. The Bertz CT molecular complexity index is 1690. The van der Waals surface area contributed by atoms with Crippen molar-refractivity contribution in [3.63, 3.8) is 0 Å². The molecule has 1 amide bonds. The van der Waals surface area contributed by atoms with E-state index in [1.165, 1.54) is 23.0 Å². The summed E-state index contributed by atoms with van der Waals surface area (Å²) >= 11 is 7.61. The van der Waals surface area contributed by atoms with Crippen molar-refractivity contribution >= 4 is 54.8 Å². The van der Waals surface area contributed by atoms with E-state index in [0.717, 1.165) is 14.7 Å². The van der Waals surface area contributed by atoms with Gasteiger partial charge in [-0.1, -0.05) is 54.1 Å². The van der Waals surface area contributed by atoms with Crippen LogP contribution in [-0.4, -0.2) is 22.2 Å². The lowest BCUT2D eigenvalue weighted by molar-refractivity contribution is -0.116. The molecule has 0 unspecified atom stereocenters. The van der Waals surface area contributed by atoms with Crippen LogP contribution in [0.5, 0.6) is 5.75 Å². The first-order valence-corrected chi connectivity index (χ1v) is 11.5. The van der Waals surface area contributed by atoms with E-state index in [1.54, 1.807) is 48.5 Å². The fourth-order valence-corrected chi connectivity index (χ4v) is 5.28. The standard InChI is InChI=1S/C25H18ClN3O4S/c1-33-19-12-6-4-10-17(19)27-21(30)14-28-22-15-8-2-7-13-20(15)34-23(22)24(31)29(25(28)32)18-11-5-3-9-16(18)26/h2-13H,14H2,1H3,(H,27,30). The Morgan fingerprint density at radius 1 is 1.00 bits per heavy atom. The largest absolute Gasteiger partial charge is 0.495 e. The molecular formula is C25H18ClN3O4S. The number of halogens is 1. The Morgan fingerprint density at radius 3 is 2.50 bits per heavy atom. The Morgan fingerprint density at radius 2 is 1.71 bits per heavy atom. The van der Waals surface area contributed by atoms with Gasteiger partial charge >= 0.3 is 5.69 Å². The first kappa shape index (κ1) is 21.9. The summed E-state index contributed by atoms with van der Waals surface area (Å²) in [5, 5.41) is 3.78. The first-order chi connectivity index (χ1) is 16.5. The smallest absolute Gasteiger partial charge is 0.336 e. The number of nitrogens with zero attached hydrogens (tertiary/aromatic N) is 2. The summed E-state index contributed by atoms with van der Waals surface area (Å²) in [5.41, 5.74) is 0.0420. The Balaban J connectivity index is 1.73. The number of thiophene rings is 1. The number of methoxy groups -OCH3 is 1. The summed E-state index contributed by atoms with van der Waals surface area (Å²) in [5.74, 6) is 0.0582. The second-order valence-corrected chi connectivity index (χ2v) is 8.94. The minimum atomic E-state index is -0.649. The number of rotatable bonds is 5. The summed E-state index contributed by atoms with van der Waals surface area (Å²) in [4.78, 5) is 40.2. The molecule has 0 aliphatic heterocycles. The quantitative estimate of drug-likeness (QED) is 0.387. The summed E-state index contributed by atoms with van der Waals surface area (Å²) in [7, 11) is 1.51. The fraction of sp³-hybridized carbons (Fsp3) is 0.0800. The number of fused-ring (bicyclic) bond motifs is 3. The van der Waals surface area contributed by atoms with E-state index in [4.69, 9.17) is 16.3 Å². The SMILES string of the molecule is COc1ccccc1NC(=O)Cn1c(=O)n(-c2ccccc2Cl)c(=O)c2sc3ccccc3c21. The lowest BCUT2D eigenvalue weighted by atomic mass is 10.2. The van der Waals surface area contributed by atoms with Crippen LogP contribution < -0.4 is 21.3 Å². The van der Waals surface area contributed by atoms with Gasteiger partial charge in [0.05, 0.1) is 29.0 Å². The molecule has 0 atom stereocenters. The van der Waals surface area contributed by atoms with E-state index in [2.05, 4.69) is 5.32 Å². The summed E-state index contributed by atoms with van der Waals surface area (Å²) in [6.07, 6.45) is 0. The summed E-state index contributed by atoms with van der Waals surface area (Å²) in [6.45, 7) is -0.307. The van der Waals surface area contributed by atoms with Crippen LogP contribution in [0.3, 0.4) is 0 Å². The number of benzene rings is 3. The molecule has 2 heterocycles. The van der Waals surface area contributed by atoms with Crippen LogP contribution in [0, 0.1) is 0 Å². The van der Waals surface area contributed by atoms with Crippen LogP contribution >= 0.6 is 22.9 Å². The number of hydrogen-bond donors (Lipinski definition) is 1. The molecule has 0 radical (unpaired) electrons. The van der Waals surface area contributed by atoms with Crippen molar-refractivity contribution in [1.82, 2.24) is 9.13 Å². The molecule has 0 fully saturated rings. The molecule has 1 N–H and O–H groups in total. The van der Waals surface area contributed by atoms with Gasteiger partial charge in [0.2, 0.25) is 5.91 Å². The highest BCUT2D eigenvalue weighted by Crippen LogP contribution is 2.31. The van der Waals surface area contributed by atoms with E-state index in [9.17, 15) is 14.4 Å². The maximum absolute atomic E-state index is 13.7. The second kappa shape index (κ2) is 8.81. The highest BCUT2D eigenvalue weighted by atomic mass is 35.5. The van der Waals surface area contributed by atoms with Gasteiger partial charge in [-0.3, -0.25) is 14.2 Å². The Labute approximate surface area is 202 Å². The molecule has 0 saturated carbocycles. The zero-order chi connectivity index (χ0) is 23.8. The molecule has 170 valence electrons. The molecular weight excluding hydrogens is 474 g/mol. The van der Waals surface area contributed by atoms with Gasteiger partial charge in [-0.25, -0.2) is 9.36 Å². The van der Waals surface area contributed by atoms with Crippen molar-refractivity contribution < 1.29 is 9.53 Å². The molecule has 5 aromatic rings. The van der Waals surface area contributed by atoms with Gasteiger partial charge in [-0.05, 0) is 30.3 Å². The molecule has 2 aromatic heterocycles. The lowest BCUT2D eigenvalue weighted by Crippen LogP contribution is -2.40. The van der Waals surface area contributed by atoms with Crippen molar-refractivity contribution in [2.75, 3.05) is 12.4 Å². The van der Waals surface area contributed by atoms with E-state index >= 15 is 0 Å². The van der Waals surface area contributed by atoms with E-state index in [-0.39, 0.29) is 17.3 Å². The third-order valence-corrected chi connectivity index (χ3v) is 6.90. The van der Waals surface area contributed by atoms with Gasteiger partial charge in [0.1, 0.15) is 17.0 Å². The number of para-hydroxylation sites is 3. The van der Waals surface area contributed by atoms with Crippen LogP contribution in [0.4, 0.5) is 5.69 Å². The molecule has 0 saturated heterocycles. The molecule has 9 heteroatoms. The van der Waals surface area contributed by atoms with Crippen LogP contribution in [0.25, 0.3) is 26.0 Å². The van der Waals surface area contributed by atoms with Gasteiger partial charge in [-0.2, -0.15) is 0 Å². The van der Waals surface area contributed by atoms with E-state index in [1.807, 2.05) is 24.3 Å². The van der Waals surface area contributed by atoms with E-state index < -0.39 is 17.2 Å². The third-order valence-electron chi connectivity index (χ3n) is 5.43. The van der Waals surface area contributed by atoms with Crippen molar-refractivity contribution in [2.45, 2.75) is 6.54 Å². The Hall–Kier alpha value is -3.88. The van der Waals surface area contributed by atoms with Gasteiger partial charge in [0, 0.05) is 10.1 Å². The molecule has 7 nitrogen and oxygen atoms in total. The number of anilines is 1. The van der Waals surface area contributed by atoms with Crippen molar-refractivity contribution in [1.29, 1.82) is 0 Å². The van der Waals surface area contributed by atoms with Gasteiger partial charge in [-0.15, -0.1) is 11.3 Å². The molecule has 0 aliphatic rings. The van der Waals surface area contributed by atoms with Crippen LogP contribution in [0.2, 0.25) is 5.02 Å². The monoisotopic (exact) mass is 491 g/mol. The van der Waals surface area contributed by atoms with Crippen LogP contribution in [-0.2, 0) is 11.3 Å². The Kier molecular flexibility index (Phi) is 5.69. The molecule has 5 rings (SSSR count). The number of carbonyl (C=O) groups is 1. The predicted octanol–water partition coefficient (Wildman–Crippen LogP) is 4.67. The first-order valence-electron chi connectivity index (χ1n) is 10.3. The number of ether oxygens (including phenoxy) is 1. The molecule has 0 spiro atoms. The number of nitrogens with one attached hydrogen (secondary N) is 1. The topological polar surface area (TPSA) is 82.3 Å². The number of aromatic nitrogens is 2. The van der Waals surface area contributed by atoms with E-state index in [0.29, 0.717) is 21.7 Å². The molecule has 0 aliphatic carbocycles. The molecule has 34 heavy (non-hydrogen) atoms. The minimum absolute atomic E-state index is 0.257. The molecule has 3 aromatic carbocycles. The average Bonchev–Trinajstić information content (AvgIpc) is 3.23. The van der Waals surface area contributed by atoms with Gasteiger partial charge in [0.15, 0.2) is 0 Å². The average molecular weight is 492 g/mol. The van der Waals surface area contributed by atoms with Crippen LogP contribution in [0.1, 0.15) is 0 Å². The highest BCUT2D eigenvalue weighted by molar-refractivity contribution is 7.25. The fourth-order valence-electron chi connectivity index (χ4n) is 3.92. The van der Waals surface area contributed by atoms with Crippen molar-refractivity contribution in [2.24, 2.45) is 0 Å². The second-order valence-electron chi connectivity index (χ2n) is 7.49. The zero-order valence-electron chi connectivity index (χ0n) is 17.9. The van der Waals surface area contributed by atoms with Gasteiger partial charge in [0.25, 0.3) is 5.56 Å². The van der Waals surface area contributed by atoms with Crippen molar-refractivity contribution in [3.05, 3.63) is 98.7 Å².